The van der Waals surface area contributed by atoms with E-state index in [0.717, 1.165) is 12.8 Å². The molecule has 0 spiro atoms. The predicted octanol–water partition coefficient (Wildman–Crippen LogP) is 5.36. The lowest BCUT2D eigenvalue weighted by Crippen LogP contribution is -2.21. The summed E-state index contributed by atoms with van der Waals surface area (Å²) in [6.07, 6.45) is 2.08. The third-order valence-electron chi connectivity index (χ3n) is 5.55. The monoisotopic (exact) mass is 362 g/mol. The van der Waals surface area contributed by atoms with Crippen LogP contribution >= 0.6 is 0 Å². The molecule has 4 nitrogen and oxygen atoms in total. The molecule has 146 valence electrons. The first-order valence-electron chi connectivity index (χ1n) is 9.74. The third kappa shape index (κ3) is 6.47. The first-order chi connectivity index (χ1) is 12.3. The molecule has 0 aliphatic carbocycles. The topological polar surface area (TPSA) is 52.6 Å². The lowest BCUT2D eigenvalue weighted by atomic mass is 9.94. The second-order valence-corrected chi connectivity index (χ2v) is 7.47. The molecule has 0 saturated carbocycles. The second-order valence-electron chi connectivity index (χ2n) is 7.47. The zero-order valence-electron chi connectivity index (χ0n) is 17.1. The molecule has 0 amide bonds. The molecule has 0 aromatic heterocycles. The van der Waals surface area contributed by atoms with Crippen LogP contribution < -0.4 is 0 Å². The van der Waals surface area contributed by atoms with Crippen LogP contribution in [0.3, 0.4) is 0 Å². The van der Waals surface area contributed by atoms with Gasteiger partial charge in [0.1, 0.15) is 0 Å². The molecule has 0 fully saturated rings. The van der Waals surface area contributed by atoms with Crippen molar-refractivity contribution in [1.29, 1.82) is 0 Å². The van der Waals surface area contributed by atoms with Crippen LogP contribution in [0, 0.1) is 23.7 Å². The SMILES string of the molecule is CCC(C)C(C)COC(=O)c1ccccc1C(=O)OCC(C)C(C)CC. The van der Waals surface area contributed by atoms with E-state index in [0.29, 0.717) is 25.0 Å². The van der Waals surface area contributed by atoms with Crippen LogP contribution in [-0.4, -0.2) is 25.2 Å². The van der Waals surface area contributed by atoms with Crippen LogP contribution in [0.1, 0.15) is 75.1 Å². The summed E-state index contributed by atoms with van der Waals surface area (Å²) in [7, 11) is 0. The van der Waals surface area contributed by atoms with Crippen molar-refractivity contribution in [2.45, 2.75) is 54.4 Å². The van der Waals surface area contributed by atoms with Gasteiger partial charge in [0.25, 0.3) is 0 Å². The van der Waals surface area contributed by atoms with E-state index in [9.17, 15) is 9.59 Å². The van der Waals surface area contributed by atoms with Crippen molar-refractivity contribution in [3.63, 3.8) is 0 Å². The van der Waals surface area contributed by atoms with Gasteiger partial charge in [0.05, 0.1) is 24.3 Å². The molecule has 0 heterocycles. The van der Waals surface area contributed by atoms with Gasteiger partial charge >= 0.3 is 11.9 Å². The average Bonchev–Trinajstić information content (AvgIpc) is 2.68. The lowest BCUT2D eigenvalue weighted by Gasteiger charge is -2.19. The van der Waals surface area contributed by atoms with Crippen LogP contribution in [0.25, 0.3) is 0 Å². The first-order valence-corrected chi connectivity index (χ1v) is 9.74. The van der Waals surface area contributed by atoms with E-state index in [1.165, 1.54) is 0 Å². The van der Waals surface area contributed by atoms with Gasteiger partial charge in [0.2, 0.25) is 0 Å². The second kappa shape index (κ2) is 11.0. The maximum atomic E-state index is 12.4. The number of carbonyl (C=O) groups is 2. The Morgan fingerprint density at radius 2 is 1.08 bits per heavy atom. The number of carbonyl (C=O) groups excluding carboxylic acids is 2. The smallest absolute Gasteiger partial charge is 0.339 e. The van der Waals surface area contributed by atoms with E-state index in [1.54, 1.807) is 24.3 Å². The Bertz CT molecular complexity index is 530. The Morgan fingerprint density at radius 3 is 1.38 bits per heavy atom. The van der Waals surface area contributed by atoms with Crippen LogP contribution in [-0.2, 0) is 9.47 Å². The molecule has 1 aromatic rings. The van der Waals surface area contributed by atoms with Gasteiger partial charge in [-0.3, -0.25) is 0 Å². The Morgan fingerprint density at radius 1 is 0.731 bits per heavy atom. The summed E-state index contributed by atoms with van der Waals surface area (Å²) < 4.78 is 10.9. The molecule has 0 aliphatic heterocycles. The number of ether oxygens (including phenoxy) is 2. The molecule has 4 heteroatoms. The van der Waals surface area contributed by atoms with Crippen molar-refractivity contribution >= 4 is 11.9 Å². The third-order valence-corrected chi connectivity index (χ3v) is 5.55. The summed E-state index contributed by atoms with van der Waals surface area (Å²) in [5, 5.41) is 0. The Kier molecular flexibility index (Phi) is 9.39. The molecule has 1 aromatic carbocycles. The van der Waals surface area contributed by atoms with E-state index >= 15 is 0 Å². The largest absolute Gasteiger partial charge is 0.462 e. The fraction of sp³-hybridized carbons (Fsp3) is 0.636. The van der Waals surface area contributed by atoms with E-state index in [4.69, 9.17) is 9.47 Å². The van der Waals surface area contributed by atoms with Crippen molar-refractivity contribution in [1.82, 2.24) is 0 Å². The Labute approximate surface area is 158 Å². The highest BCUT2D eigenvalue weighted by molar-refractivity contribution is 6.03. The minimum Gasteiger partial charge on any atom is -0.462 e. The molecule has 0 saturated heterocycles. The van der Waals surface area contributed by atoms with Gasteiger partial charge in [0.15, 0.2) is 0 Å². The molecule has 0 N–H and O–H groups in total. The molecule has 1 rings (SSSR count). The summed E-state index contributed by atoms with van der Waals surface area (Å²) in [6, 6.07) is 6.69. The molecular weight excluding hydrogens is 328 g/mol. The van der Waals surface area contributed by atoms with E-state index in [1.807, 2.05) is 0 Å². The molecule has 4 unspecified atom stereocenters. The van der Waals surface area contributed by atoms with Crippen molar-refractivity contribution in [3.8, 4) is 0 Å². The molecule has 26 heavy (non-hydrogen) atoms. The van der Waals surface area contributed by atoms with Crippen LogP contribution in [0.15, 0.2) is 24.3 Å². The summed E-state index contributed by atoms with van der Waals surface area (Å²) in [5.41, 5.74) is 0.537. The first kappa shape index (κ1) is 22.2. The van der Waals surface area contributed by atoms with Gasteiger partial charge in [0, 0.05) is 0 Å². The molecule has 0 radical (unpaired) electrons. The maximum Gasteiger partial charge on any atom is 0.339 e. The van der Waals surface area contributed by atoms with E-state index in [2.05, 4.69) is 41.5 Å². The number of hydrogen-bond acceptors (Lipinski definition) is 4. The standard InChI is InChI=1S/C22H34O4/c1-7-15(3)17(5)13-25-21(23)19-11-9-10-12-20(19)22(24)26-14-18(6)16(4)8-2/h9-12,15-18H,7-8,13-14H2,1-6H3. The van der Waals surface area contributed by atoms with Crippen molar-refractivity contribution in [2.24, 2.45) is 23.7 Å². The number of rotatable bonds is 10. The van der Waals surface area contributed by atoms with Crippen LogP contribution in [0.5, 0.6) is 0 Å². The zero-order valence-corrected chi connectivity index (χ0v) is 17.1. The summed E-state index contributed by atoms with van der Waals surface area (Å²) in [4.78, 5) is 24.9. The minimum atomic E-state index is -0.470. The fourth-order valence-electron chi connectivity index (χ4n) is 2.54. The van der Waals surface area contributed by atoms with Crippen molar-refractivity contribution in [2.75, 3.05) is 13.2 Å². The highest BCUT2D eigenvalue weighted by Crippen LogP contribution is 2.19. The summed E-state index contributed by atoms with van der Waals surface area (Å²) in [5.74, 6) is 0.569. The minimum absolute atomic E-state index is 0.269. The number of esters is 2. The van der Waals surface area contributed by atoms with Gasteiger partial charge in [-0.2, -0.15) is 0 Å². The summed E-state index contributed by atoms with van der Waals surface area (Å²) >= 11 is 0. The molecule has 0 aliphatic rings. The predicted molar refractivity (Wildman–Crippen MR) is 104 cm³/mol. The number of benzene rings is 1. The molecule has 4 atom stereocenters. The summed E-state index contributed by atoms with van der Waals surface area (Å²) in [6.45, 7) is 13.4. The molecule has 0 bridgehead atoms. The average molecular weight is 363 g/mol. The lowest BCUT2D eigenvalue weighted by molar-refractivity contribution is 0.0365. The fourth-order valence-corrected chi connectivity index (χ4v) is 2.54. The Balaban J connectivity index is 2.74. The van der Waals surface area contributed by atoms with E-state index in [-0.39, 0.29) is 23.0 Å². The quantitative estimate of drug-likeness (QED) is 0.525. The van der Waals surface area contributed by atoms with Crippen molar-refractivity contribution < 1.29 is 19.1 Å². The van der Waals surface area contributed by atoms with Gasteiger partial charge in [-0.25, -0.2) is 9.59 Å². The zero-order chi connectivity index (χ0) is 19.7. The van der Waals surface area contributed by atoms with Gasteiger partial charge in [-0.05, 0) is 35.8 Å². The highest BCUT2D eigenvalue weighted by atomic mass is 16.5. The van der Waals surface area contributed by atoms with Gasteiger partial charge < -0.3 is 9.47 Å². The van der Waals surface area contributed by atoms with E-state index < -0.39 is 11.9 Å². The van der Waals surface area contributed by atoms with Crippen molar-refractivity contribution in [3.05, 3.63) is 35.4 Å². The van der Waals surface area contributed by atoms with Gasteiger partial charge in [-0.15, -0.1) is 0 Å². The molecular formula is C22H34O4. The highest BCUT2D eigenvalue weighted by Gasteiger charge is 2.21. The number of hydrogen-bond donors (Lipinski definition) is 0. The van der Waals surface area contributed by atoms with Crippen LogP contribution in [0.2, 0.25) is 0 Å². The van der Waals surface area contributed by atoms with Crippen LogP contribution in [0.4, 0.5) is 0 Å². The maximum absolute atomic E-state index is 12.4. The normalized spacial score (nSPS) is 15.6. The van der Waals surface area contributed by atoms with Gasteiger partial charge in [-0.1, -0.05) is 66.5 Å². The Hall–Kier alpha value is -1.84.